The number of anilines is 2. The Hall–Kier alpha value is -3.03. The summed E-state index contributed by atoms with van der Waals surface area (Å²) in [4.78, 5) is 0. The molecular formula is C25H16ClN. The van der Waals surface area contributed by atoms with Gasteiger partial charge in [-0.2, -0.15) is 0 Å². The van der Waals surface area contributed by atoms with Crippen molar-refractivity contribution in [1.29, 1.82) is 0 Å². The van der Waals surface area contributed by atoms with Gasteiger partial charge in [0.25, 0.3) is 0 Å². The van der Waals surface area contributed by atoms with Crippen molar-refractivity contribution in [3.8, 4) is 11.1 Å². The lowest BCUT2D eigenvalue weighted by Crippen LogP contribution is -2.33. The number of nitrogens with one attached hydrogen (secondary N) is 1. The number of hydrogen-bond donors (Lipinski definition) is 1. The van der Waals surface area contributed by atoms with Crippen molar-refractivity contribution in [3.05, 3.63) is 118 Å². The van der Waals surface area contributed by atoms with E-state index in [1.54, 1.807) is 0 Å². The Kier molecular flexibility index (Phi) is 2.93. The van der Waals surface area contributed by atoms with Gasteiger partial charge in [0, 0.05) is 16.4 Å². The normalized spacial score (nSPS) is 14.7. The van der Waals surface area contributed by atoms with Gasteiger partial charge < -0.3 is 5.32 Å². The second-order valence-corrected chi connectivity index (χ2v) is 7.64. The predicted molar refractivity (Wildman–Crippen MR) is 112 cm³/mol. The highest BCUT2D eigenvalue weighted by molar-refractivity contribution is 6.30. The van der Waals surface area contributed by atoms with E-state index in [1.807, 2.05) is 6.07 Å². The molecule has 0 saturated heterocycles. The largest absolute Gasteiger partial charge is 0.355 e. The molecule has 0 amide bonds. The smallest absolute Gasteiger partial charge is 0.0754 e. The lowest BCUT2D eigenvalue weighted by atomic mass is 9.65. The van der Waals surface area contributed by atoms with Crippen LogP contribution in [0.1, 0.15) is 22.3 Å². The third-order valence-electron chi connectivity index (χ3n) is 5.94. The molecule has 0 bridgehead atoms. The molecule has 2 heteroatoms. The van der Waals surface area contributed by atoms with Crippen LogP contribution in [0.4, 0.5) is 11.4 Å². The summed E-state index contributed by atoms with van der Waals surface area (Å²) in [6.45, 7) is 0. The highest BCUT2D eigenvalue weighted by atomic mass is 35.5. The number of halogens is 1. The lowest BCUT2D eigenvalue weighted by molar-refractivity contribution is 0.763. The molecule has 1 spiro atoms. The van der Waals surface area contributed by atoms with Crippen molar-refractivity contribution in [2.45, 2.75) is 5.41 Å². The van der Waals surface area contributed by atoms with E-state index in [0.29, 0.717) is 0 Å². The van der Waals surface area contributed by atoms with Crippen LogP contribution < -0.4 is 5.32 Å². The lowest BCUT2D eigenvalue weighted by Gasteiger charge is -2.40. The van der Waals surface area contributed by atoms with Crippen LogP contribution in [-0.4, -0.2) is 0 Å². The van der Waals surface area contributed by atoms with Gasteiger partial charge in [0.1, 0.15) is 0 Å². The SMILES string of the molecule is Clc1ccc2c(c1)C1(c3ccccc3Nc3ccccc31)c1ccccc1-2. The maximum Gasteiger partial charge on any atom is 0.0754 e. The molecule has 27 heavy (non-hydrogen) atoms. The van der Waals surface area contributed by atoms with Gasteiger partial charge in [-0.1, -0.05) is 78.3 Å². The molecule has 0 fully saturated rings. The Bertz CT molecular complexity index is 1180. The van der Waals surface area contributed by atoms with Crippen molar-refractivity contribution < 1.29 is 0 Å². The first-order chi connectivity index (χ1) is 13.3. The molecule has 1 aliphatic heterocycles. The van der Waals surface area contributed by atoms with Gasteiger partial charge in [-0.3, -0.25) is 0 Å². The molecule has 4 aromatic rings. The molecule has 1 nitrogen and oxygen atoms in total. The molecule has 4 aromatic carbocycles. The third kappa shape index (κ3) is 1.80. The van der Waals surface area contributed by atoms with Gasteiger partial charge in [-0.05, 0) is 57.6 Å². The quantitative estimate of drug-likeness (QED) is 0.313. The zero-order chi connectivity index (χ0) is 18.0. The molecule has 0 atom stereocenters. The molecule has 128 valence electrons. The van der Waals surface area contributed by atoms with Crippen LogP contribution in [0.3, 0.4) is 0 Å². The van der Waals surface area contributed by atoms with Crippen LogP contribution in [0, 0.1) is 0 Å². The third-order valence-corrected chi connectivity index (χ3v) is 6.17. The van der Waals surface area contributed by atoms with Crippen LogP contribution in [0.25, 0.3) is 11.1 Å². The summed E-state index contributed by atoms with van der Waals surface area (Å²) in [5, 5.41) is 4.41. The maximum atomic E-state index is 6.51. The van der Waals surface area contributed by atoms with E-state index in [4.69, 9.17) is 11.6 Å². The van der Waals surface area contributed by atoms with Crippen LogP contribution in [0.5, 0.6) is 0 Å². The van der Waals surface area contributed by atoms with Gasteiger partial charge in [0.2, 0.25) is 0 Å². The summed E-state index contributed by atoms with van der Waals surface area (Å²) in [5.74, 6) is 0. The summed E-state index contributed by atoms with van der Waals surface area (Å²) in [7, 11) is 0. The minimum absolute atomic E-state index is 0.352. The van der Waals surface area contributed by atoms with E-state index in [-0.39, 0.29) is 5.41 Å². The molecule has 1 heterocycles. The minimum Gasteiger partial charge on any atom is -0.355 e. The Morgan fingerprint density at radius 2 is 1.11 bits per heavy atom. The first-order valence-electron chi connectivity index (χ1n) is 9.16. The standard InChI is InChI=1S/C25H16ClN/c26-16-13-14-18-17-7-1-2-8-19(17)25(22(18)15-16)20-9-3-5-11-23(20)27-24-12-6-4-10-21(24)25/h1-15,27H. The van der Waals surface area contributed by atoms with Gasteiger partial charge >= 0.3 is 0 Å². The summed E-state index contributed by atoms with van der Waals surface area (Å²) >= 11 is 6.51. The van der Waals surface area contributed by atoms with Gasteiger partial charge in [0.05, 0.1) is 5.41 Å². The van der Waals surface area contributed by atoms with Gasteiger partial charge in [0.15, 0.2) is 0 Å². The molecule has 1 aliphatic carbocycles. The average Bonchev–Trinajstić information content (AvgIpc) is 2.99. The Labute approximate surface area is 163 Å². The molecule has 0 aromatic heterocycles. The molecule has 6 rings (SSSR count). The highest BCUT2D eigenvalue weighted by Crippen LogP contribution is 2.61. The second kappa shape index (κ2) is 5.25. The summed E-state index contributed by atoms with van der Waals surface area (Å²) in [6.07, 6.45) is 0. The van der Waals surface area contributed by atoms with E-state index >= 15 is 0 Å². The highest BCUT2D eigenvalue weighted by Gasteiger charge is 2.49. The Morgan fingerprint density at radius 3 is 1.81 bits per heavy atom. The van der Waals surface area contributed by atoms with E-state index in [2.05, 4.69) is 90.2 Å². The molecule has 0 unspecified atom stereocenters. The van der Waals surface area contributed by atoms with Crippen LogP contribution in [-0.2, 0) is 5.41 Å². The number of fused-ring (bicyclic) bond motifs is 9. The van der Waals surface area contributed by atoms with Crippen molar-refractivity contribution >= 4 is 23.0 Å². The maximum absolute atomic E-state index is 6.51. The first-order valence-corrected chi connectivity index (χ1v) is 9.54. The molecule has 2 aliphatic rings. The fourth-order valence-corrected chi connectivity index (χ4v) is 5.13. The summed E-state index contributed by atoms with van der Waals surface area (Å²) in [6, 6.07) is 32.3. The van der Waals surface area contributed by atoms with Crippen molar-refractivity contribution in [3.63, 3.8) is 0 Å². The van der Waals surface area contributed by atoms with E-state index in [1.165, 1.54) is 33.4 Å². The number of rotatable bonds is 0. The van der Waals surface area contributed by atoms with Crippen molar-refractivity contribution in [1.82, 2.24) is 0 Å². The predicted octanol–water partition coefficient (Wildman–Crippen LogP) is 6.76. The fraction of sp³-hybridized carbons (Fsp3) is 0.0400. The summed E-state index contributed by atoms with van der Waals surface area (Å²) in [5.41, 5.74) is 9.64. The fourth-order valence-electron chi connectivity index (χ4n) is 4.96. The van der Waals surface area contributed by atoms with Gasteiger partial charge in [-0.25, -0.2) is 0 Å². The second-order valence-electron chi connectivity index (χ2n) is 7.20. The molecule has 0 radical (unpaired) electrons. The Balaban J connectivity index is 1.87. The number of hydrogen-bond acceptors (Lipinski definition) is 1. The minimum atomic E-state index is -0.352. The van der Waals surface area contributed by atoms with Crippen LogP contribution >= 0.6 is 11.6 Å². The number of benzene rings is 4. The molecular weight excluding hydrogens is 350 g/mol. The Morgan fingerprint density at radius 1 is 0.556 bits per heavy atom. The monoisotopic (exact) mass is 365 g/mol. The van der Waals surface area contributed by atoms with Crippen LogP contribution in [0.15, 0.2) is 91.0 Å². The van der Waals surface area contributed by atoms with E-state index in [0.717, 1.165) is 16.4 Å². The summed E-state index contributed by atoms with van der Waals surface area (Å²) < 4.78 is 0. The van der Waals surface area contributed by atoms with E-state index in [9.17, 15) is 0 Å². The molecule has 0 saturated carbocycles. The van der Waals surface area contributed by atoms with E-state index < -0.39 is 0 Å². The average molecular weight is 366 g/mol. The number of para-hydroxylation sites is 2. The zero-order valence-corrected chi connectivity index (χ0v) is 15.3. The first kappa shape index (κ1) is 15.1. The molecule has 1 N–H and O–H groups in total. The van der Waals surface area contributed by atoms with Crippen molar-refractivity contribution in [2.75, 3.05) is 5.32 Å². The topological polar surface area (TPSA) is 12.0 Å². The van der Waals surface area contributed by atoms with Gasteiger partial charge in [-0.15, -0.1) is 0 Å². The van der Waals surface area contributed by atoms with Crippen molar-refractivity contribution in [2.24, 2.45) is 0 Å². The zero-order valence-electron chi connectivity index (χ0n) is 14.5. The van der Waals surface area contributed by atoms with Crippen LogP contribution in [0.2, 0.25) is 5.02 Å².